The predicted molar refractivity (Wildman–Crippen MR) is 63.7 cm³/mol. The summed E-state index contributed by atoms with van der Waals surface area (Å²) in [5, 5.41) is 16.9. The maximum atomic E-state index is 11.9. The lowest BCUT2D eigenvalue weighted by Gasteiger charge is -2.38. The second-order valence-corrected chi connectivity index (χ2v) is 4.85. The van der Waals surface area contributed by atoms with Gasteiger partial charge in [0.25, 0.3) is 5.69 Å². The average molecular weight is 247 g/mol. The van der Waals surface area contributed by atoms with Crippen molar-refractivity contribution in [2.75, 3.05) is 0 Å². The number of rotatable bonds is 2. The number of nitro benzene ring substituents is 1. The zero-order chi connectivity index (χ0) is 12.8. The van der Waals surface area contributed by atoms with Crippen LogP contribution in [0.4, 0.5) is 5.69 Å². The number of hydrogen-bond donors (Lipinski definition) is 2. The number of non-ortho nitro benzene ring substituents is 1. The molecule has 0 unspecified atom stereocenters. The van der Waals surface area contributed by atoms with E-state index >= 15 is 0 Å². The molecule has 1 atom stereocenters. The molecule has 1 saturated heterocycles. The lowest BCUT2D eigenvalue weighted by molar-refractivity contribution is -0.384. The minimum Gasteiger partial charge on any atom is -0.336 e. The Morgan fingerprint density at radius 1 is 1.39 bits per heavy atom. The highest BCUT2D eigenvalue weighted by Crippen LogP contribution is 2.36. The summed E-state index contributed by atoms with van der Waals surface area (Å²) in [7, 11) is 0. The average Bonchev–Trinajstić information content (AvgIpc) is 2.67. The van der Waals surface area contributed by atoms with Crippen LogP contribution in [0, 0.1) is 10.1 Å². The Hall–Kier alpha value is -1.95. The van der Waals surface area contributed by atoms with Crippen molar-refractivity contribution in [1.82, 2.24) is 10.6 Å². The Bertz CT molecular complexity index is 525. The highest BCUT2D eigenvalue weighted by atomic mass is 16.6. The second kappa shape index (κ2) is 3.78. The van der Waals surface area contributed by atoms with Crippen molar-refractivity contribution in [3.8, 4) is 0 Å². The first kappa shape index (κ1) is 11.2. The Morgan fingerprint density at radius 3 is 2.72 bits per heavy atom. The molecule has 2 N–H and O–H groups in total. The third-order valence-corrected chi connectivity index (χ3v) is 3.67. The molecule has 3 rings (SSSR count). The Kier molecular flexibility index (Phi) is 2.34. The van der Waals surface area contributed by atoms with Gasteiger partial charge in [0.2, 0.25) is 5.91 Å². The molecule has 1 heterocycles. The molecule has 94 valence electrons. The third kappa shape index (κ3) is 1.65. The van der Waals surface area contributed by atoms with Crippen LogP contribution in [0.1, 0.15) is 30.9 Å². The zero-order valence-corrected chi connectivity index (χ0v) is 9.68. The second-order valence-electron chi connectivity index (χ2n) is 4.85. The van der Waals surface area contributed by atoms with Gasteiger partial charge in [-0.2, -0.15) is 0 Å². The summed E-state index contributed by atoms with van der Waals surface area (Å²) in [6.07, 6.45) is 2.93. The molecule has 6 heteroatoms. The van der Waals surface area contributed by atoms with E-state index in [0.29, 0.717) is 5.56 Å². The van der Waals surface area contributed by atoms with Crippen molar-refractivity contribution in [1.29, 1.82) is 0 Å². The van der Waals surface area contributed by atoms with Gasteiger partial charge in [-0.1, -0.05) is 12.1 Å². The maximum absolute atomic E-state index is 11.9. The van der Waals surface area contributed by atoms with Crippen molar-refractivity contribution in [3.63, 3.8) is 0 Å². The number of nitro groups is 1. The molecule has 1 amide bonds. The number of amides is 1. The highest BCUT2D eigenvalue weighted by molar-refractivity contribution is 5.86. The Balaban J connectivity index is 1.88. The van der Waals surface area contributed by atoms with Crippen LogP contribution < -0.4 is 10.6 Å². The number of carbonyl (C=O) groups is 1. The van der Waals surface area contributed by atoms with Gasteiger partial charge in [0.1, 0.15) is 6.04 Å². The van der Waals surface area contributed by atoms with Gasteiger partial charge in [0.15, 0.2) is 0 Å². The van der Waals surface area contributed by atoms with E-state index in [0.717, 1.165) is 19.3 Å². The first-order chi connectivity index (χ1) is 8.60. The van der Waals surface area contributed by atoms with E-state index in [9.17, 15) is 14.9 Å². The van der Waals surface area contributed by atoms with Gasteiger partial charge in [0, 0.05) is 12.1 Å². The largest absolute Gasteiger partial charge is 0.336 e. The van der Waals surface area contributed by atoms with Crippen molar-refractivity contribution in [3.05, 3.63) is 39.9 Å². The molecule has 0 radical (unpaired) electrons. The zero-order valence-electron chi connectivity index (χ0n) is 9.68. The lowest BCUT2D eigenvalue weighted by atomic mass is 9.85. The number of hydrogen-bond acceptors (Lipinski definition) is 4. The van der Waals surface area contributed by atoms with Crippen LogP contribution in [0.25, 0.3) is 0 Å². The van der Waals surface area contributed by atoms with Crippen molar-refractivity contribution in [2.24, 2.45) is 0 Å². The number of nitrogens with zero attached hydrogens (tertiary/aromatic N) is 1. The van der Waals surface area contributed by atoms with E-state index in [1.54, 1.807) is 12.1 Å². The fourth-order valence-electron chi connectivity index (χ4n) is 2.54. The highest BCUT2D eigenvalue weighted by Gasteiger charge is 2.47. The molecule has 0 bridgehead atoms. The topological polar surface area (TPSA) is 84.3 Å². The summed E-state index contributed by atoms with van der Waals surface area (Å²) >= 11 is 0. The predicted octanol–water partition coefficient (Wildman–Crippen LogP) is 1.24. The number of nitrogens with one attached hydrogen (secondary N) is 2. The molecule has 2 fully saturated rings. The van der Waals surface area contributed by atoms with Crippen LogP contribution in [0.15, 0.2) is 24.3 Å². The van der Waals surface area contributed by atoms with Gasteiger partial charge < -0.3 is 5.32 Å². The van der Waals surface area contributed by atoms with Gasteiger partial charge in [0.05, 0.1) is 10.6 Å². The molecule has 18 heavy (non-hydrogen) atoms. The summed E-state index contributed by atoms with van der Waals surface area (Å²) < 4.78 is 0. The van der Waals surface area contributed by atoms with Crippen LogP contribution in [0.3, 0.4) is 0 Å². The van der Waals surface area contributed by atoms with Crippen molar-refractivity contribution in [2.45, 2.75) is 31.0 Å². The molecule has 1 aliphatic carbocycles. The normalized spacial score (nSPS) is 24.7. The molecule has 1 aromatic carbocycles. The minimum atomic E-state index is -0.481. The molecule has 2 aliphatic rings. The van der Waals surface area contributed by atoms with E-state index in [1.807, 2.05) is 0 Å². The third-order valence-electron chi connectivity index (χ3n) is 3.67. The fraction of sp³-hybridized carbons (Fsp3) is 0.417. The lowest BCUT2D eigenvalue weighted by Crippen LogP contribution is -2.55. The summed E-state index contributed by atoms with van der Waals surface area (Å²) in [4.78, 5) is 22.2. The standard InChI is InChI=1S/C12H13N3O3/c16-11-10(13-12(14-11)5-2-6-12)8-3-1-4-9(7-8)15(17)18/h1,3-4,7,10,13H,2,5-6H2,(H,14,16)/t10-/m1/s1. The molecule has 1 aromatic rings. The first-order valence-corrected chi connectivity index (χ1v) is 5.94. The van der Waals surface area contributed by atoms with Crippen LogP contribution in [-0.4, -0.2) is 16.5 Å². The summed E-state index contributed by atoms with van der Waals surface area (Å²) in [6, 6.07) is 5.74. The van der Waals surface area contributed by atoms with Gasteiger partial charge in [-0.25, -0.2) is 0 Å². The van der Waals surface area contributed by atoms with E-state index in [4.69, 9.17) is 0 Å². The maximum Gasteiger partial charge on any atom is 0.269 e. The van der Waals surface area contributed by atoms with Gasteiger partial charge in [-0.05, 0) is 24.8 Å². The van der Waals surface area contributed by atoms with Crippen LogP contribution in [0.2, 0.25) is 0 Å². The number of carbonyl (C=O) groups excluding carboxylic acids is 1. The smallest absolute Gasteiger partial charge is 0.269 e. The molecule has 1 spiro atoms. The van der Waals surface area contributed by atoms with E-state index in [2.05, 4.69) is 10.6 Å². The molecule has 1 aliphatic heterocycles. The molecular formula is C12H13N3O3. The Morgan fingerprint density at radius 2 is 2.17 bits per heavy atom. The molecule has 6 nitrogen and oxygen atoms in total. The first-order valence-electron chi connectivity index (χ1n) is 5.94. The Labute approximate surface area is 104 Å². The number of benzene rings is 1. The molecular weight excluding hydrogens is 234 g/mol. The van der Waals surface area contributed by atoms with Crippen LogP contribution in [0.5, 0.6) is 0 Å². The molecule has 0 aromatic heterocycles. The van der Waals surface area contributed by atoms with Gasteiger partial charge >= 0.3 is 0 Å². The van der Waals surface area contributed by atoms with Crippen molar-refractivity contribution < 1.29 is 9.72 Å². The van der Waals surface area contributed by atoms with E-state index < -0.39 is 11.0 Å². The van der Waals surface area contributed by atoms with Gasteiger partial charge in [-0.3, -0.25) is 20.2 Å². The SMILES string of the molecule is O=C1NC2(CCC2)N[C@@H]1c1cccc([N+](=O)[O-])c1. The quantitative estimate of drug-likeness (QED) is 0.608. The van der Waals surface area contributed by atoms with Crippen molar-refractivity contribution >= 4 is 11.6 Å². The summed E-state index contributed by atoms with van der Waals surface area (Å²) in [6.45, 7) is 0. The minimum absolute atomic E-state index is 0.0108. The van der Waals surface area contributed by atoms with Crippen LogP contribution in [-0.2, 0) is 4.79 Å². The van der Waals surface area contributed by atoms with E-state index in [-0.39, 0.29) is 17.3 Å². The monoisotopic (exact) mass is 247 g/mol. The fourth-order valence-corrected chi connectivity index (χ4v) is 2.54. The summed E-state index contributed by atoms with van der Waals surface area (Å²) in [5.41, 5.74) is 0.383. The van der Waals surface area contributed by atoms with E-state index in [1.165, 1.54) is 12.1 Å². The summed E-state index contributed by atoms with van der Waals surface area (Å²) in [5.74, 6) is -0.102. The molecule has 1 saturated carbocycles. The van der Waals surface area contributed by atoms with Gasteiger partial charge in [-0.15, -0.1) is 0 Å². The van der Waals surface area contributed by atoms with Crippen LogP contribution >= 0.6 is 0 Å².